The molecule has 0 amide bonds. The molecule has 156 valence electrons. The minimum absolute atomic E-state index is 0.0304. The summed E-state index contributed by atoms with van der Waals surface area (Å²) in [4.78, 5) is 41.5. The third kappa shape index (κ3) is 3.87. The van der Waals surface area contributed by atoms with E-state index in [9.17, 15) is 24.9 Å². The van der Waals surface area contributed by atoms with Gasteiger partial charge < -0.3 is 25.0 Å². The van der Waals surface area contributed by atoms with Crippen molar-refractivity contribution in [3.63, 3.8) is 0 Å². The molecule has 3 heterocycles. The number of aliphatic hydroxyl groups excluding tert-OH is 3. The highest BCUT2D eigenvalue weighted by atomic mass is 16.6. The highest BCUT2D eigenvalue weighted by Gasteiger charge is 2.44. The number of fused-ring (bicyclic) bond motifs is 1. The summed E-state index contributed by atoms with van der Waals surface area (Å²) >= 11 is 0. The van der Waals surface area contributed by atoms with E-state index in [2.05, 4.69) is 19.9 Å². The van der Waals surface area contributed by atoms with Crippen molar-refractivity contribution in [2.45, 2.75) is 38.4 Å². The molecule has 1 aliphatic heterocycles. The summed E-state index contributed by atoms with van der Waals surface area (Å²) < 4.78 is 6.80. The van der Waals surface area contributed by atoms with Crippen LogP contribution in [0.1, 0.15) is 30.6 Å². The van der Waals surface area contributed by atoms with Crippen LogP contribution in [0.4, 0.5) is 5.95 Å². The average molecular weight is 406 g/mol. The summed E-state index contributed by atoms with van der Waals surface area (Å²) in [5, 5.41) is 30.0. The number of aliphatic imine (C=N–C) groups is 1. The number of carbonyl (C=O) groups is 1. The van der Waals surface area contributed by atoms with Crippen LogP contribution >= 0.6 is 0 Å². The average Bonchev–Trinajstić information content (AvgIpc) is 3.02. The van der Waals surface area contributed by atoms with Crippen molar-refractivity contribution in [3.05, 3.63) is 22.2 Å². The smallest absolute Gasteiger partial charge is 0.302 e. The van der Waals surface area contributed by atoms with Gasteiger partial charge in [-0.15, -0.1) is 0 Å². The molecule has 1 aliphatic rings. The topological polar surface area (TPSA) is 163 Å². The van der Waals surface area contributed by atoms with Crippen molar-refractivity contribution in [1.82, 2.24) is 24.4 Å². The standard InChI is InChI=1S/C17H22N6O6/c1-3-22(4-2)8-19-17-21-15(28)11-14(18-5-9(6-24)20-11)23(17)16-13(27)12(26)10(7-25)29-16/h5-6,8,10,12-13,16,25-27H,3-4,7H2,1-2H3/b19-8-/t10-,12-,13-,16-/m1/s1. The minimum atomic E-state index is -1.45. The summed E-state index contributed by atoms with van der Waals surface area (Å²) in [6.07, 6.45) is -2.03. The van der Waals surface area contributed by atoms with Crippen molar-refractivity contribution >= 4 is 29.7 Å². The molecule has 12 heteroatoms. The molecule has 12 nitrogen and oxygen atoms in total. The molecule has 0 saturated carbocycles. The lowest BCUT2D eigenvalue weighted by atomic mass is 10.1. The third-order valence-corrected chi connectivity index (χ3v) is 4.66. The normalized spacial score (nSPS) is 24.4. The van der Waals surface area contributed by atoms with Crippen LogP contribution in [0.25, 0.3) is 11.2 Å². The maximum Gasteiger partial charge on any atom is 0.302 e. The molecule has 4 atom stereocenters. The van der Waals surface area contributed by atoms with Gasteiger partial charge in [-0.1, -0.05) is 0 Å². The Morgan fingerprint density at radius 1 is 1.28 bits per heavy atom. The van der Waals surface area contributed by atoms with Crippen LogP contribution in [0.5, 0.6) is 0 Å². The monoisotopic (exact) mass is 406 g/mol. The number of aromatic nitrogens is 4. The Kier molecular flexibility index (Phi) is 6.27. The molecule has 0 unspecified atom stereocenters. The van der Waals surface area contributed by atoms with Gasteiger partial charge in [0.15, 0.2) is 23.7 Å². The lowest BCUT2D eigenvalue weighted by Crippen LogP contribution is -2.33. The van der Waals surface area contributed by atoms with E-state index in [0.29, 0.717) is 19.4 Å². The van der Waals surface area contributed by atoms with Gasteiger partial charge in [-0.05, 0) is 13.8 Å². The number of carbonyl (C=O) groups excluding carboxylic acids is 1. The number of hydrogen-bond donors (Lipinski definition) is 3. The van der Waals surface area contributed by atoms with Crippen molar-refractivity contribution in [2.24, 2.45) is 4.99 Å². The molecule has 0 aromatic carbocycles. The largest absolute Gasteiger partial charge is 0.394 e. The Balaban J connectivity index is 2.23. The SMILES string of the molecule is CCN(/C=N\c1nc(=O)c2nc(C=O)cnc2n1[C@@H]1O[C@H](CO)[C@@H](O)[C@H]1O)CC. The Labute approximate surface area is 165 Å². The maximum absolute atomic E-state index is 12.5. The highest BCUT2D eigenvalue weighted by molar-refractivity contribution is 5.78. The number of hydrogen-bond acceptors (Lipinski definition) is 10. The molecule has 2 aromatic rings. The summed E-state index contributed by atoms with van der Waals surface area (Å²) in [6, 6.07) is 0. The van der Waals surface area contributed by atoms with Gasteiger partial charge in [0.05, 0.1) is 19.1 Å². The zero-order chi connectivity index (χ0) is 21.1. The Bertz CT molecular complexity index is 975. The van der Waals surface area contributed by atoms with Crippen LogP contribution in [0.2, 0.25) is 0 Å². The highest BCUT2D eigenvalue weighted by Crippen LogP contribution is 2.33. The Morgan fingerprint density at radius 3 is 2.59 bits per heavy atom. The number of aldehydes is 1. The van der Waals surface area contributed by atoms with E-state index < -0.39 is 36.7 Å². The van der Waals surface area contributed by atoms with E-state index >= 15 is 0 Å². The number of nitrogens with zero attached hydrogens (tertiary/aromatic N) is 6. The quantitative estimate of drug-likeness (QED) is 0.283. The van der Waals surface area contributed by atoms with Crippen molar-refractivity contribution in [3.8, 4) is 0 Å². The van der Waals surface area contributed by atoms with E-state index in [1.165, 1.54) is 10.9 Å². The van der Waals surface area contributed by atoms with Crippen LogP contribution in [0, 0.1) is 0 Å². The predicted octanol–water partition coefficient (Wildman–Crippen LogP) is -1.39. The molecule has 1 saturated heterocycles. The first kappa shape index (κ1) is 20.9. The summed E-state index contributed by atoms with van der Waals surface area (Å²) in [7, 11) is 0. The van der Waals surface area contributed by atoms with Crippen LogP contribution < -0.4 is 5.56 Å². The van der Waals surface area contributed by atoms with E-state index in [1.807, 2.05) is 18.7 Å². The van der Waals surface area contributed by atoms with Crippen molar-refractivity contribution < 1.29 is 24.9 Å². The number of rotatable bonds is 7. The van der Waals surface area contributed by atoms with Gasteiger partial charge in [-0.2, -0.15) is 4.98 Å². The molecule has 0 bridgehead atoms. The third-order valence-electron chi connectivity index (χ3n) is 4.66. The first-order valence-electron chi connectivity index (χ1n) is 9.10. The second kappa shape index (κ2) is 8.69. The Hall–Kier alpha value is -2.80. The number of aliphatic hydroxyl groups is 3. The Morgan fingerprint density at radius 2 is 2.00 bits per heavy atom. The van der Waals surface area contributed by atoms with Crippen LogP contribution in [-0.2, 0) is 4.74 Å². The van der Waals surface area contributed by atoms with E-state index in [4.69, 9.17) is 4.74 Å². The van der Waals surface area contributed by atoms with E-state index in [0.717, 1.165) is 6.20 Å². The van der Waals surface area contributed by atoms with Gasteiger partial charge in [0.1, 0.15) is 24.0 Å². The predicted molar refractivity (Wildman–Crippen MR) is 101 cm³/mol. The van der Waals surface area contributed by atoms with Gasteiger partial charge in [0.2, 0.25) is 5.95 Å². The van der Waals surface area contributed by atoms with Crippen LogP contribution in [0.3, 0.4) is 0 Å². The van der Waals surface area contributed by atoms with Crippen molar-refractivity contribution in [2.75, 3.05) is 19.7 Å². The second-order valence-corrected chi connectivity index (χ2v) is 6.37. The zero-order valence-electron chi connectivity index (χ0n) is 15.9. The number of ether oxygens (including phenoxy) is 1. The molecular formula is C17H22N6O6. The summed E-state index contributed by atoms with van der Waals surface area (Å²) in [5.41, 5.74) is -1.07. The second-order valence-electron chi connectivity index (χ2n) is 6.37. The van der Waals surface area contributed by atoms with E-state index in [-0.39, 0.29) is 22.8 Å². The fraction of sp³-hybridized carbons (Fsp3) is 0.529. The zero-order valence-corrected chi connectivity index (χ0v) is 15.9. The molecule has 0 aliphatic carbocycles. The van der Waals surface area contributed by atoms with Gasteiger partial charge >= 0.3 is 5.56 Å². The molecule has 0 spiro atoms. The van der Waals surface area contributed by atoms with E-state index in [1.54, 1.807) is 0 Å². The molecule has 3 N–H and O–H groups in total. The molecule has 1 fully saturated rings. The fourth-order valence-corrected chi connectivity index (χ4v) is 3.00. The molecule has 29 heavy (non-hydrogen) atoms. The van der Waals surface area contributed by atoms with Crippen molar-refractivity contribution in [1.29, 1.82) is 0 Å². The van der Waals surface area contributed by atoms with Gasteiger partial charge in [-0.3, -0.25) is 14.2 Å². The van der Waals surface area contributed by atoms with Crippen LogP contribution in [-0.4, -0.2) is 90.4 Å². The summed E-state index contributed by atoms with van der Waals surface area (Å²) in [5.74, 6) is -0.127. The fourth-order valence-electron chi connectivity index (χ4n) is 3.00. The van der Waals surface area contributed by atoms with Gasteiger partial charge in [-0.25, -0.2) is 15.0 Å². The van der Waals surface area contributed by atoms with Crippen LogP contribution in [0.15, 0.2) is 16.0 Å². The first-order chi connectivity index (χ1) is 13.9. The first-order valence-corrected chi connectivity index (χ1v) is 9.10. The summed E-state index contributed by atoms with van der Waals surface area (Å²) in [6.45, 7) is 4.64. The molecule has 3 rings (SSSR count). The molecule has 2 aromatic heterocycles. The molecular weight excluding hydrogens is 384 g/mol. The van der Waals surface area contributed by atoms with Gasteiger partial charge in [0.25, 0.3) is 0 Å². The maximum atomic E-state index is 12.5. The lowest BCUT2D eigenvalue weighted by molar-refractivity contribution is -0.0506. The lowest BCUT2D eigenvalue weighted by Gasteiger charge is -2.21. The van der Waals surface area contributed by atoms with Gasteiger partial charge in [0, 0.05) is 13.1 Å². The molecule has 0 radical (unpaired) electrons. The minimum Gasteiger partial charge on any atom is -0.394 e.